The molecule has 0 heterocycles. The number of rotatable bonds is 5. The van der Waals surface area contributed by atoms with Crippen LogP contribution in [-0.4, -0.2) is 0 Å². The molecule has 0 aliphatic heterocycles. The fourth-order valence-electron chi connectivity index (χ4n) is 1.43. The molecule has 1 aromatic carbocycles. The molecule has 0 amide bonds. The molecule has 0 bridgehead atoms. The second-order valence-electron chi connectivity index (χ2n) is 3.94. The van der Waals surface area contributed by atoms with E-state index in [9.17, 15) is 0 Å². The molecule has 0 saturated carbocycles. The van der Waals surface area contributed by atoms with Gasteiger partial charge in [-0.25, -0.2) is 0 Å². The fourth-order valence-corrected chi connectivity index (χ4v) is 1.43. The Morgan fingerprint density at radius 1 is 0.733 bits per heavy atom. The van der Waals surface area contributed by atoms with Gasteiger partial charge in [0.25, 0.3) is 0 Å². The fraction of sp³-hybridized carbons (Fsp3) is 0.600. The van der Waals surface area contributed by atoms with Gasteiger partial charge in [0, 0.05) is 0 Å². The number of hydrogen-bond acceptors (Lipinski definition) is 0. The average Bonchev–Trinajstić information content (AvgIpc) is 2.29. The van der Waals surface area contributed by atoms with Crippen LogP contribution < -0.4 is 0 Å². The molecule has 0 radical (unpaired) electrons. The van der Waals surface area contributed by atoms with Crippen molar-refractivity contribution in [1.82, 2.24) is 0 Å². The maximum absolute atomic E-state index is 2.23. The third kappa shape index (κ3) is 9.52. The third-order valence-electron chi connectivity index (χ3n) is 2.34. The summed E-state index contributed by atoms with van der Waals surface area (Å²) in [5, 5.41) is 0. The SMILES string of the molecule is CCCCCC.CCCc1ccccc1. The molecule has 0 N–H and O–H groups in total. The predicted octanol–water partition coefficient (Wildman–Crippen LogP) is 5.23. The number of benzene rings is 1. The number of hydrogen-bond donors (Lipinski definition) is 0. The van der Waals surface area contributed by atoms with Crippen LogP contribution in [0.15, 0.2) is 30.3 Å². The Morgan fingerprint density at radius 2 is 1.27 bits per heavy atom. The lowest BCUT2D eigenvalue weighted by atomic mass is 10.1. The van der Waals surface area contributed by atoms with Crippen molar-refractivity contribution in [1.29, 1.82) is 0 Å². The summed E-state index contributed by atoms with van der Waals surface area (Å²) in [5.41, 5.74) is 1.44. The lowest BCUT2D eigenvalue weighted by Crippen LogP contribution is -1.78. The van der Waals surface area contributed by atoms with Gasteiger partial charge in [-0.1, -0.05) is 83.2 Å². The van der Waals surface area contributed by atoms with Gasteiger partial charge in [0.1, 0.15) is 0 Å². The van der Waals surface area contributed by atoms with Gasteiger partial charge in [0.05, 0.1) is 0 Å². The zero-order valence-electron chi connectivity index (χ0n) is 10.6. The van der Waals surface area contributed by atoms with Crippen molar-refractivity contribution >= 4 is 0 Å². The lowest BCUT2D eigenvalue weighted by molar-refractivity contribution is 0.702. The summed E-state index contributed by atoms with van der Waals surface area (Å²) < 4.78 is 0. The van der Waals surface area contributed by atoms with Gasteiger partial charge in [-0.2, -0.15) is 0 Å². The summed E-state index contributed by atoms with van der Waals surface area (Å²) in [6, 6.07) is 10.6. The molecular formula is C15H26. The van der Waals surface area contributed by atoms with E-state index < -0.39 is 0 Å². The minimum absolute atomic E-state index is 1.21. The molecule has 0 spiro atoms. The van der Waals surface area contributed by atoms with Crippen molar-refractivity contribution in [2.75, 3.05) is 0 Å². The average molecular weight is 206 g/mol. The van der Waals surface area contributed by atoms with E-state index in [1.807, 2.05) is 0 Å². The van der Waals surface area contributed by atoms with Gasteiger partial charge in [-0.15, -0.1) is 0 Å². The third-order valence-corrected chi connectivity index (χ3v) is 2.34. The zero-order chi connectivity index (χ0) is 11.4. The van der Waals surface area contributed by atoms with Gasteiger partial charge < -0.3 is 0 Å². The van der Waals surface area contributed by atoms with Crippen LogP contribution >= 0.6 is 0 Å². The zero-order valence-corrected chi connectivity index (χ0v) is 10.6. The van der Waals surface area contributed by atoms with Crippen molar-refractivity contribution < 1.29 is 0 Å². The molecule has 0 atom stereocenters. The van der Waals surface area contributed by atoms with Crippen molar-refractivity contribution in [2.24, 2.45) is 0 Å². The van der Waals surface area contributed by atoms with Gasteiger partial charge in [0.2, 0.25) is 0 Å². The molecule has 15 heavy (non-hydrogen) atoms. The highest BCUT2D eigenvalue weighted by Crippen LogP contribution is 2.00. The van der Waals surface area contributed by atoms with Crippen LogP contribution in [0.25, 0.3) is 0 Å². The molecule has 1 rings (SSSR count). The largest absolute Gasteiger partial charge is 0.0654 e. The summed E-state index contributed by atoms with van der Waals surface area (Å²) in [5.74, 6) is 0. The number of unbranched alkanes of at least 4 members (excludes halogenated alkanes) is 3. The Kier molecular flexibility index (Phi) is 10.7. The van der Waals surface area contributed by atoms with Gasteiger partial charge in [0.15, 0.2) is 0 Å². The maximum Gasteiger partial charge on any atom is -0.0281 e. The Balaban J connectivity index is 0.000000288. The molecule has 0 fully saturated rings. The smallest absolute Gasteiger partial charge is 0.0281 e. The standard InChI is InChI=1S/C9H12.C6H14/c1-2-6-9-7-4-3-5-8-9;1-3-5-6-4-2/h3-5,7-8H,2,6H2,1H3;3-6H2,1-2H3. The summed E-state index contributed by atoms with van der Waals surface area (Å²) in [6.07, 6.45) is 7.99. The quantitative estimate of drug-likeness (QED) is 0.579. The Labute approximate surface area is 95.7 Å². The highest BCUT2D eigenvalue weighted by molar-refractivity contribution is 5.14. The highest BCUT2D eigenvalue weighted by atomic mass is 13.9. The van der Waals surface area contributed by atoms with Crippen LogP contribution in [-0.2, 0) is 6.42 Å². The van der Waals surface area contributed by atoms with E-state index in [1.54, 1.807) is 0 Å². The Hall–Kier alpha value is -0.780. The molecule has 0 aliphatic carbocycles. The molecule has 1 aromatic rings. The van der Waals surface area contributed by atoms with E-state index in [1.165, 1.54) is 44.1 Å². The summed E-state index contributed by atoms with van der Waals surface area (Å²) >= 11 is 0. The minimum Gasteiger partial charge on any atom is -0.0654 e. The summed E-state index contributed by atoms with van der Waals surface area (Å²) in [6.45, 7) is 6.66. The molecular weight excluding hydrogens is 180 g/mol. The molecule has 0 aromatic heterocycles. The molecule has 86 valence electrons. The van der Waals surface area contributed by atoms with Gasteiger partial charge in [-0.3, -0.25) is 0 Å². The van der Waals surface area contributed by atoms with Crippen molar-refractivity contribution in [2.45, 2.75) is 59.3 Å². The van der Waals surface area contributed by atoms with E-state index >= 15 is 0 Å². The van der Waals surface area contributed by atoms with Crippen LogP contribution in [0.3, 0.4) is 0 Å². The summed E-state index contributed by atoms with van der Waals surface area (Å²) in [7, 11) is 0. The Bertz CT molecular complexity index is 197. The van der Waals surface area contributed by atoms with Crippen LogP contribution in [0, 0.1) is 0 Å². The Morgan fingerprint density at radius 3 is 1.67 bits per heavy atom. The molecule has 0 saturated heterocycles. The molecule has 0 nitrogen and oxygen atoms in total. The normalized spacial score (nSPS) is 9.27. The van der Waals surface area contributed by atoms with Crippen LogP contribution in [0.5, 0.6) is 0 Å². The van der Waals surface area contributed by atoms with Crippen LogP contribution in [0.1, 0.15) is 58.4 Å². The highest BCUT2D eigenvalue weighted by Gasteiger charge is 1.84. The van der Waals surface area contributed by atoms with Crippen molar-refractivity contribution in [3.63, 3.8) is 0 Å². The number of aryl methyl sites for hydroxylation is 1. The van der Waals surface area contributed by atoms with Gasteiger partial charge >= 0.3 is 0 Å². The van der Waals surface area contributed by atoms with E-state index in [2.05, 4.69) is 51.1 Å². The molecule has 0 heteroatoms. The van der Waals surface area contributed by atoms with Gasteiger partial charge in [-0.05, 0) is 12.0 Å². The van der Waals surface area contributed by atoms with E-state index in [-0.39, 0.29) is 0 Å². The van der Waals surface area contributed by atoms with Crippen LogP contribution in [0.4, 0.5) is 0 Å². The minimum atomic E-state index is 1.21. The maximum atomic E-state index is 2.23. The first kappa shape index (κ1) is 14.2. The van der Waals surface area contributed by atoms with E-state index in [0.717, 1.165) is 0 Å². The van der Waals surface area contributed by atoms with Crippen molar-refractivity contribution in [3.8, 4) is 0 Å². The van der Waals surface area contributed by atoms with Crippen LogP contribution in [0.2, 0.25) is 0 Å². The molecule has 0 unspecified atom stereocenters. The first-order chi connectivity index (χ1) is 7.35. The van der Waals surface area contributed by atoms with Crippen molar-refractivity contribution in [3.05, 3.63) is 35.9 Å². The second kappa shape index (κ2) is 11.3. The first-order valence-corrected chi connectivity index (χ1v) is 6.39. The molecule has 0 aliphatic rings. The lowest BCUT2D eigenvalue weighted by Gasteiger charge is -1.93. The summed E-state index contributed by atoms with van der Waals surface area (Å²) in [4.78, 5) is 0. The van der Waals surface area contributed by atoms with E-state index in [0.29, 0.717) is 0 Å². The first-order valence-electron chi connectivity index (χ1n) is 6.39. The predicted molar refractivity (Wildman–Crippen MR) is 70.3 cm³/mol. The monoisotopic (exact) mass is 206 g/mol. The van der Waals surface area contributed by atoms with E-state index in [4.69, 9.17) is 0 Å². The topological polar surface area (TPSA) is 0 Å². The second-order valence-corrected chi connectivity index (χ2v) is 3.94.